The van der Waals surface area contributed by atoms with Gasteiger partial charge in [-0.1, -0.05) is 0 Å². The third kappa shape index (κ3) is 3.10. The van der Waals surface area contributed by atoms with E-state index >= 15 is 0 Å². The van der Waals surface area contributed by atoms with E-state index in [0.717, 1.165) is 6.07 Å². The molecule has 0 saturated carbocycles. The van der Waals surface area contributed by atoms with Crippen LogP contribution in [0.2, 0.25) is 0 Å². The smallest absolute Gasteiger partial charge is 0.191 e. The number of hydrogen-bond acceptors (Lipinski definition) is 2. The molecule has 0 N–H and O–H groups in total. The first kappa shape index (κ1) is 12.8. The highest BCUT2D eigenvalue weighted by Gasteiger charge is 2.15. The van der Waals surface area contributed by atoms with Crippen LogP contribution in [0.4, 0.5) is 8.78 Å². The molecule has 1 aromatic rings. The van der Waals surface area contributed by atoms with Gasteiger partial charge in [-0.15, -0.1) is 0 Å². The van der Waals surface area contributed by atoms with Gasteiger partial charge in [0.15, 0.2) is 5.78 Å². The Morgan fingerprint density at radius 2 is 1.94 bits per heavy atom. The quantitative estimate of drug-likeness (QED) is 0.741. The lowest BCUT2D eigenvalue weighted by Crippen LogP contribution is -2.15. The van der Waals surface area contributed by atoms with E-state index in [2.05, 4.69) is 0 Å². The average Bonchev–Trinajstić information content (AvgIpc) is 2.20. The number of ketones is 1. The highest BCUT2D eigenvalue weighted by molar-refractivity contribution is 5.97. The Morgan fingerprint density at radius 3 is 2.50 bits per heavy atom. The molecule has 0 fully saturated rings. The van der Waals surface area contributed by atoms with E-state index in [4.69, 9.17) is 4.74 Å². The zero-order valence-electron chi connectivity index (χ0n) is 9.51. The lowest BCUT2D eigenvalue weighted by Gasteiger charge is -2.08. The van der Waals surface area contributed by atoms with Crippen molar-refractivity contribution in [2.75, 3.05) is 6.61 Å². The minimum Gasteiger partial charge on any atom is -0.371 e. The molecule has 0 atom stereocenters. The Kier molecular flexibility index (Phi) is 4.12. The first-order valence-corrected chi connectivity index (χ1v) is 5.02. The fourth-order valence-electron chi connectivity index (χ4n) is 1.19. The molecule has 1 rings (SSSR count). The number of carbonyl (C=O) groups excluding carboxylic acids is 1. The Labute approximate surface area is 93.2 Å². The Bertz CT molecular complexity index is 400. The average molecular weight is 228 g/mol. The van der Waals surface area contributed by atoms with Crippen molar-refractivity contribution in [3.05, 3.63) is 34.9 Å². The second-order valence-electron chi connectivity index (χ2n) is 3.86. The summed E-state index contributed by atoms with van der Waals surface area (Å²) in [5.74, 6) is -1.98. The second-order valence-corrected chi connectivity index (χ2v) is 3.86. The predicted molar refractivity (Wildman–Crippen MR) is 56.5 cm³/mol. The van der Waals surface area contributed by atoms with Crippen molar-refractivity contribution in [3.8, 4) is 0 Å². The summed E-state index contributed by atoms with van der Waals surface area (Å²) in [7, 11) is 0. The van der Waals surface area contributed by atoms with Gasteiger partial charge in [-0.25, -0.2) is 8.78 Å². The van der Waals surface area contributed by atoms with Crippen molar-refractivity contribution in [1.82, 2.24) is 0 Å². The Balaban J connectivity index is 2.87. The highest BCUT2D eigenvalue weighted by Crippen LogP contribution is 2.15. The van der Waals surface area contributed by atoms with E-state index in [-0.39, 0.29) is 23.8 Å². The van der Waals surface area contributed by atoms with Gasteiger partial charge in [0, 0.05) is 6.07 Å². The van der Waals surface area contributed by atoms with Crippen molar-refractivity contribution in [2.24, 2.45) is 0 Å². The molecule has 1 aromatic carbocycles. The fourth-order valence-corrected chi connectivity index (χ4v) is 1.19. The molecule has 0 aliphatic carbocycles. The standard InChI is InChI=1S/C12H14F2O2/c1-7(2)16-6-12(15)9-4-8(3)10(13)5-11(9)14/h4-5,7H,6H2,1-3H3. The molecule has 2 nitrogen and oxygen atoms in total. The van der Waals surface area contributed by atoms with Crippen molar-refractivity contribution in [2.45, 2.75) is 26.9 Å². The van der Waals surface area contributed by atoms with Gasteiger partial charge in [-0.2, -0.15) is 0 Å². The van der Waals surface area contributed by atoms with Crippen LogP contribution >= 0.6 is 0 Å². The van der Waals surface area contributed by atoms with Crippen LogP contribution in [0.1, 0.15) is 29.8 Å². The van der Waals surface area contributed by atoms with Gasteiger partial charge >= 0.3 is 0 Å². The summed E-state index contributed by atoms with van der Waals surface area (Å²) in [4.78, 5) is 11.5. The molecular weight excluding hydrogens is 214 g/mol. The lowest BCUT2D eigenvalue weighted by molar-refractivity contribution is 0.0581. The third-order valence-electron chi connectivity index (χ3n) is 2.10. The zero-order valence-corrected chi connectivity index (χ0v) is 9.51. The first-order chi connectivity index (χ1) is 7.41. The van der Waals surface area contributed by atoms with Crippen LogP contribution in [0.15, 0.2) is 12.1 Å². The molecule has 0 aromatic heterocycles. The van der Waals surface area contributed by atoms with Gasteiger partial charge in [-0.05, 0) is 32.4 Å². The van der Waals surface area contributed by atoms with Gasteiger partial charge in [0.25, 0.3) is 0 Å². The molecule has 0 bridgehead atoms. The number of ether oxygens (including phenoxy) is 1. The van der Waals surface area contributed by atoms with E-state index < -0.39 is 17.4 Å². The molecule has 16 heavy (non-hydrogen) atoms. The fraction of sp³-hybridized carbons (Fsp3) is 0.417. The molecule has 0 spiro atoms. The number of Topliss-reactive ketones (excluding diaryl/α,β-unsaturated/α-hetero) is 1. The van der Waals surface area contributed by atoms with Crippen LogP contribution in [0, 0.1) is 18.6 Å². The molecule has 0 aliphatic heterocycles. The Morgan fingerprint density at radius 1 is 1.31 bits per heavy atom. The first-order valence-electron chi connectivity index (χ1n) is 5.02. The van der Waals surface area contributed by atoms with Crippen molar-refractivity contribution >= 4 is 5.78 Å². The Hall–Kier alpha value is -1.29. The van der Waals surface area contributed by atoms with Crippen LogP contribution in [-0.2, 0) is 4.74 Å². The number of rotatable bonds is 4. The monoisotopic (exact) mass is 228 g/mol. The SMILES string of the molecule is Cc1cc(C(=O)COC(C)C)c(F)cc1F. The van der Waals surface area contributed by atoms with E-state index in [1.165, 1.54) is 13.0 Å². The van der Waals surface area contributed by atoms with Gasteiger partial charge in [-0.3, -0.25) is 4.79 Å². The molecule has 0 radical (unpaired) electrons. The summed E-state index contributed by atoms with van der Waals surface area (Å²) in [6.45, 7) is 4.84. The molecular formula is C12H14F2O2. The maximum atomic E-state index is 13.3. The van der Waals surface area contributed by atoms with E-state index in [0.29, 0.717) is 0 Å². The summed E-state index contributed by atoms with van der Waals surface area (Å²) in [5, 5.41) is 0. The summed E-state index contributed by atoms with van der Waals surface area (Å²) in [5.41, 5.74) is 0.119. The van der Waals surface area contributed by atoms with E-state index in [1.54, 1.807) is 13.8 Å². The van der Waals surface area contributed by atoms with Gasteiger partial charge < -0.3 is 4.74 Å². The van der Waals surface area contributed by atoms with Crippen LogP contribution in [0.25, 0.3) is 0 Å². The van der Waals surface area contributed by atoms with Crippen LogP contribution in [-0.4, -0.2) is 18.5 Å². The number of aryl methyl sites for hydroxylation is 1. The molecule has 88 valence electrons. The summed E-state index contributed by atoms with van der Waals surface area (Å²) in [6.07, 6.45) is -0.103. The van der Waals surface area contributed by atoms with Gasteiger partial charge in [0.05, 0.1) is 11.7 Å². The largest absolute Gasteiger partial charge is 0.371 e. The maximum absolute atomic E-state index is 13.3. The van der Waals surface area contributed by atoms with E-state index in [9.17, 15) is 13.6 Å². The zero-order chi connectivity index (χ0) is 12.3. The topological polar surface area (TPSA) is 26.3 Å². The predicted octanol–water partition coefficient (Wildman–Crippen LogP) is 2.88. The normalized spacial score (nSPS) is 10.9. The molecule has 0 saturated heterocycles. The summed E-state index contributed by atoms with van der Waals surface area (Å²) >= 11 is 0. The highest BCUT2D eigenvalue weighted by atomic mass is 19.1. The van der Waals surface area contributed by atoms with Crippen molar-refractivity contribution < 1.29 is 18.3 Å². The van der Waals surface area contributed by atoms with Gasteiger partial charge in [0.1, 0.15) is 18.2 Å². The minimum absolute atomic E-state index is 0.103. The molecule has 4 heteroatoms. The van der Waals surface area contributed by atoms with Gasteiger partial charge in [0.2, 0.25) is 0 Å². The van der Waals surface area contributed by atoms with E-state index in [1.807, 2.05) is 0 Å². The maximum Gasteiger partial charge on any atom is 0.191 e. The second kappa shape index (κ2) is 5.16. The van der Waals surface area contributed by atoms with Crippen LogP contribution in [0.5, 0.6) is 0 Å². The summed E-state index contributed by atoms with van der Waals surface area (Å²) in [6, 6.07) is 1.93. The van der Waals surface area contributed by atoms with Crippen LogP contribution in [0.3, 0.4) is 0 Å². The summed E-state index contributed by atoms with van der Waals surface area (Å²) < 4.78 is 31.3. The molecule has 0 unspecified atom stereocenters. The minimum atomic E-state index is -0.847. The van der Waals surface area contributed by atoms with Crippen molar-refractivity contribution in [1.29, 1.82) is 0 Å². The number of carbonyl (C=O) groups is 1. The number of benzene rings is 1. The molecule has 0 heterocycles. The third-order valence-corrected chi connectivity index (χ3v) is 2.10. The molecule has 0 amide bonds. The van der Waals surface area contributed by atoms with Crippen molar-refractivity contribution in [3.63, 3.8) is 0 Å². The van der Waals surface area contributed by atoms with Crippen LogP contribution < -0.4 is 0 Å². The molecule has 0 aliphatic rings. The lowest BCUT2D eigenvalue weighted by atomic mass is 10.1. The number of hydrogen-bond donors (Lipinski definition) is 0. The number of halogens is 2.